The third kappa shape index (κ3) is 11.2. The van der Waals surface area contributed by atoms with E-state index in [1.165, 1.54) is 29.8 Å². The van der Waals surface area contributed by atoms with Crippen LogP contribution >= 0.6 is 34.4 Å². The molecule has 2 unspecified atom stereocenters. The summed E-state index contributed by atoms with van der Waals surface area (Å²) in [4.78, 5) is 58.8. The zero-order valence-electron chi connectivity index (χ0n) is 35.1. The highest BCUT2D eigenvalue weighted by molar-refractivity contribution is 14.1. The van der Waals surface area contributed by atoms with Gasteiger partial charge in [0.25, 0.3) is 5.91 Å². The van der Waals surface area contributed by atoms with Gasteiger partial charge in [0.15, 0.2) is 0 Å². The van der Waals surface area contributed by atoms with Crippen LogP contribution in [-0.2, 0) is 27.0 Å². The van der Waals surface area contributed by atoms with E-state index >= 15 is 0 Å². The fraction of sp³-hybridized carbons (Fsp3) is 0.478. The Morgan fingerprint density at radius 1 is 0.852 bits per heavy atom. The number of alkyl halides is 3. The Labute approximate surface area is 375 Å². The van der Waals surface area contributed by atoms with Crippen molar-refractivity contribution < 1.29 is 32.3 Å². The molecule has 2 N–H and O–H groups in total. The van der Waals surface area contributed by atoms with Gasteiger partial charge in [-0.05, 0) is 107 Å². The van der Waals surface area contributed by atoms with E-state index in [0.717, 1.165) is 65.7 Å². The number of likely N-dealkylation sites (N-methyl/N-ethyl adjacent to an activating group) is 1. The third-order valence-corrected chi connectivity index (χ3v) is 13.7. The van der Waals surface area contributed by atoms with Gasteiger partial charge in [-0.2, -0.15) is 24.9 Å². The molecular weight excluding hydrogens is 917 g/mol. The van der Waals surface area contributed by atoms with E-state index in [2.05, 4.69) is 57.2 Å². The molecule has 15 heteroatoms. The van der Waals surface area contributed by atoms with Gasteiger partial charge >= 0.3 is 6.18 Å². The van der Waals surface area contributed by atoms with Crippen molar-refractivity contribution in [2.75, 3.05) is 51.8 Å². The number of nitrogens with zero attached hydrogens (tertiary/aromatic N) is 4. The summed E-state index contributed by atoms with van der Waals surface area (Å²) >= 11 is 3.95. The van der Waals surface area contributed by atoms with Crippen LogP contribution in [-0.4, -0.2) is 118 Å². The van der Waals surface area contributed by atoms with Crippen LogP contribution in [0.4, 0.5) is 13.2 Å². The Balaban J connectivity index is 0.000000204. The van der Waals surface area contributed by atoms with Crippen LogP contribution < -0.4 is 10.6 Å². The highest BCUT2D eigenvalue weighted by Crippen LogP contribution is 2.35. The van der Waals surface area contributed by atoms with E-state index in [1.807, 2.05) is 53.6 Å². The summed E-state index contributed by atoms with van der Waals surface area (Å²) in [6.45, 7) is 5.21. The van der Waals surface area contributed by atoms with Crippen LogP contribution in [0.15, 0.2) is 84.9 Å². The molecule has 7 rings (SSSR count). The molecule has 0 saturated carbocycles. The Morgan fingerprint density at radius 3 is 2.13 bits per heavy atom. The van der Waals surface area contributed by atoms with E-state index in [0.29, 0.717) is 51.0 Å². The second-order valence-corrected chi connectivity index (χ2v) is 18.5. The number of benzene rings is 3. The van der Waals surface area contributed by atoms with E-state index in [9.17, 15) is 32.3 Å². The number of carbonyl (C=O) groups excluding carboxylic acids is 4. The quantitative estimate of drug-likeness (QED) is 0.154. The lowest BCUT2D eigenvalue weighted by Gasteiger charge is -2.44. The van der Waals surface area contributed by atoms with Crippen molar-refractivity contribution >= 4 is 64.1 Å². The topological polar surface area (TPSA) is 105 Å². The van der Waals surface area contributed by atoms with Crippen molar-refractivity contribution in [1.29, 1.82) is 0 Å². The van der Waals surface area contributed by atoms with Gasteiger partial charge < -0.3 is 19.6 Å². The molecule has 0 bridgehead atoms. The first-order chi connectivity index (χ1) is 29.2. The Morgan fingerprint density at radius 2 is 1.49 bits per heavy atom. The van der Waals surface area contributed by atoms with E-state index in [-0.39, 0.29) is 41.4 Å². The van der Waals surface area contributed by atoms with Gasteiger partial charge in [0, 0.05) is 80.7 Å². The molecule has 2 spiro atoms. The van der Waals surface area contributed by atoms with Crippen LogP contribution in [0.3, 0.4) is 0 Å². The van der Waals surface area contributed by atoms with Gasteiger partial charge in [0.1, 0.15) is 0 Å². The molecule has 0 aliphatic carbocycles. The summed E-state index contributed by atoms with van der Waals surface area (Å²) in [5.41, 5.74) is 0.721. The number of piperidine rings is 2. The minimum atomic E-state index is -4.42. The Hall–Kier alpha value is -3.93. The van der Waals surface area contributed by atoms with Crippen molar-refractivity contribution in [2.24, 2.45) is 0 Å². The smallest absolute Gasteiger partial charge is 0.339 e. The highest BCUT2D eigenvalue weighted by atomic mass is 127. The van der Waals surface area contributed by atoms with E-state index in [1.54, 1.807) is 28.6 Å². The molecule has 3 aromatic carbocycles. The number of thioether (sulfide) groups is 1. The van der Waals surface area contributed by atoms with Crippen LogP contribution in [0.25, 0.3) is 6.08 Å². The minimum Gasteiger partial charge on any atom is -0.339 e. The summed E-state index contributed by atoms with van der Waals surface area (Å²) in [5.74, 6) is 1.03. The predicted octanol–water partition coefficient (Wildman–Crippen LogP) is 7.29. The first-order valence-electron chi connectivity index (χ1n) is 21.0. The number of halogens is 4. The number of unbranched alkanes of at least 4 members (excludes halogenated alkanes) is 1. The van der Waals surface area contributed by atoms with Crippen LogP contribution in [0, 0.1) is 3.57 Å². The van der Waals surface area contributed by atoms with Gasteiger partial charge in [-0.25, -0.2) is 0 Å². The Bertz CT molecular complexity index is 2020. The van der Waals surface area contributed by atoms with Crippen LogP contribution in [0.5, 0.6) is 0 Å². The number of amides is 4. The largest absolute Gasteiger partial charge is 0.416 e. The third-order valence-electron chi connectivity index (χ3n) is 12.4. The lowest BCUT2D eigenvalue weighted by atomic mass is 9.95. The maximum Gasteiger partial charge on any atom is 0.416 e. The van der Waals surface area contributed by atoms with Crippen molar-refractivity contribution in [3.05, 3.63) is 111 Å². The van der Waals surface area contributed by atoms with Gasteiger partial charge in [0.2, 0.25) is 17.7 Å². The van der Waals surface area contributed by atoms with Gasteiger partial charge in [0.05, 0.1) is 29.0 Å². The van der Waals surface area contributed by atoms with Crippen molar-refractivity contribution in [3.63, 3.8) is 0 Å². The maximum atomic E-state index is 13.3. The monoisotopic (exact) mass is 972 g/mol. The van der Waals surface area contributed by atoms with Crippen molar-refractivity contribution in [1.82, 2.24) is 30.2 Å². The minimum absolute atomic E-state index is 0.0801. The van der Waals surface area contributed by atoms with E-state index < -0.39 is 17.4 Å². The van der Waals surface area contributed by atoms with Crippen LogP contribution in [0.1, 0.15) is 78.9 Å². The van der Waals surface area contributed by atoms with Gasteiger partial charge in [-0.15, -0.1) is 0 Å². The number of nitrogens with one attached hydrogen (secondary N) is 2. The molecule has 4 heterocycles. The molecule has 0 radical (unpaired) electrons. The van der Waals surface area contributed by atoms with Crippen molar-refractivity contribution in [3.8, 4) is 0 Å². The number of likely N-dealkylation sites (tertiary alicyclic amines) is 2. The van der Waals surface area contributed by atoms with Gasteiger partial charge in [-0.3, -0.25) is 29.8 Å². The summed E-state index contributed by atoms with van der Waals surface area (Å²) in [7, 11) is 1.81. The lowest BCUT2D eigenvalue weighted by molar-refractivity contribution is -0.137. The Kier molecular flexibility index (Phi) is 15.7. The molecule has 3 aromatic rings. The first-order valence-corrected chi connectivity index (χ1v) is 23.5. The van der Waals surface area contributed by atoms with Crippen molar-refractivity contribution in [2.45, 2.75) is 87.9 Å². The molecule has 2 atom stereocenters. The summed E-state index contributed by atoms with van der Waals surface area (Å²) < 4.78 is 39.6. The molecule has 4 fully saturated rings. The molecule has 4 amide bonds. The SMILES string of the molecule is CCCCN1C(=O)C(Cc2ccccc2)NC12CCN(C(=O)c1ccc(I)cc1)CC2.CSCCC1NC2(CCN(C(=O)C=Cc3cccc(C(F)(F)F)c3)CC2)N(C)C1=O. The van der Waals surface area contributed by atoms with Gasteiger partial charge in [-0.1, -0.05) is 55.8 Å². The zero-order valence-corrected chi connectivity index (χ0v) is 38.0. The zero-order chi connectivity index (χ0) is 43.8. The standard InChI is InChI=1S/C25H30IN3O2.C21H26F3N3O2S/c1-2-3-15-29-24(31)22(18-19-7-5-4-6-8-19)27-25(29)13-16-28(17-14-25)23(30)20-9-11-21(26)12-10-20;1-26-19(29)17(8-13-30-2)25-20(26)9-11-27(12-10-20)18(28)7-6-15-4-3-5-16(14-15)21(22,23)24/h4-12,22,27H,2-3,13-18H2,1H3;3-7,14,17,25H,8-13H2,1-2H3. The number of hydrogen-bond donors (Lipinski definition) is 2. The summed E-state index contributed by atoms with van der Waals surface area (Å²) in [5, 5.41) is 7.19. The van der Waals surface area contributed by atoms with E-state index in [4.69, 9.17) is 0 Å². The second kappa shape index (κ2) is 20.5. The summed E-state index contributed by atoms with van der Waals surface area (Å²) in [6, 6.07) is 22.4. The predicted molar refractivity (Wildman–Crippen MR) is 242 cm³/mol. The number of carbonyl (C=O) groups is 4. The fourth-order valence-corrected chi connectivity index (χ4v) is 9.62. The molecular formula is C46H56F3IN6O4S. The van der Waals surface area contributed by atoms with Crippen LogP contribution in [0.2, 0.25) is 0 Å². The number of rotatable bonds is 11. The molecule has 10 nitrogen and oxygen atoms in total. The molecule has 0 aromatic heterocycles. The lowest BCUT2D eigenvalue weighted by Crippen LogP contribution is -2.59. The number of hydrogen-bond acceptors (Lipinski definition) is 7. The first kappa shape index (κ1) is 46.6. The fourth-order valence-electron chi connectivity index (χ4n) is 8.79. The molecule has 328 valence electrons. The second-order valence-electron chi connectivity index (χ2n) is 16.2. The normalized spacial score (nSPS) is 21.1. The average molecular weight is 973 g/mol. The molecule has 4 aliphatic heterocycles. The average Bonchev–Trinajstić information content (AvgIpc) is 3.64. The maximum absolute atomic E-state index is 13.3. The summed E-state index contributed by atoms with van der Waals surface area (Å²) in [6.07, 6.45) is 6.62. The molecule has 61 heavy (non-hydrogen) atoms. The highest BCUT2D eigenvalue weighted by Gasteiger charge is 2.52. The molecule has 4 aliphatic rings. The molecule has 4 saturated heterocycles.